The highest BCUT2D eigenvalue weighted by atomic mass is 79.9. The van der Waals surface area contributed by atoms with Crippen molar-refractivity contribution in [2.45, 2.75) is 6.92 Å². The molecule has 0 bridgehead atoms. The zero-order chi connectivity index (χ0) is 15.7. The third kappa shape index (κ3) is 2.67. The summed E-state index contributed by atoms with van der Waals surface area (Å²) in [6, 6.07) is 18.7. The number of aryl methyl sites for hydroxylation is 1. The molecule has 0 aliphatic heterocycles. The standard InChI is InChI=1S/C17H13BrN2O2/c1-12-5-10-17(13-6-8-14(18)9-7-13)19(12)15-3-2-4-16(11-15)20(21)22/h2-11H,1H3. The summed E-state index contributed by atoms with van der Waals surface area (Å²) >= 11 is 3.43. The van der Waals surface area contributed by atoms with Gasteiger partial charge in [0.1, 0.15) is 0 Å². The van der Waals surface area contributed by atoms with E-state index in [-0.39, 0.29) is 10.6 Å². The largest absolute Gasteiger partial charge is 0.314 e. The topological polar surface area (TPSA) is 48.1 Å². The number of nitro groups is 1. The molecule has 0 N–H and O–H groups in total. The SMILES string of the molecule is Cc1ccc(-c2ccc(Br)cc2)n1-c1cccc([N+](=O)[O-])c1. The number of nitro benzene ring substituents is 1. The fraction of sp³-hybridized carbons (Fsp3) is 0.0588. The summed E-state index contributed by atoms with van der Waals surface area (Å²) in [5, 5.41) is 11.0. The summed E-state index contributed by atoms with van der Waals surface area (Å²) in [6.45, 7) is 1.99. The maximum Gasteiger partial charge on any atom is 0.271 e. The number of hydrogen-bond donors (Lipinski definition) is 0. The van der Waals surface area contributed by atoms with Crippen LogP contribution in [0.15, 0.2) is 65.1 Å². The molecule has 0 fully saturated rings. The highest BCUT2D eigenvalue weighted by Crippen LogP contribution is 2.28. The van der Waals surface area contributed by atoms with Crippen molar-refractivity contribution < 1.29 is 4.92 Å². The van der Waals surface area contributed by atoms with Crippen molar-refractivity contribution in [2.24, 2.45) is 0 Å². The number of non-ortho nitro benzene ring substituents is 1. The van der Waals surface area contributed by atoms with E-state index in [0.29, 0.717) is 0 Å². The van der Waals surface area contributed by atoms with Gasteiger partial charge in [-0.1, -0.05) is 34.1 Å². The number of halogens is 1. The zero-order valence-corrected chi connectivity index (χ0v) is 13.4. The average molecular weight is 357 g/mol. The van der Waals surface area contributed by atoms with Crippen molar-refractivity contribution in [2.75, 3.05) is 0 Å². The van der Waals surface area contributed by atoms with Gasteiger partial charge in [-0.25, -0.2) is 0 Å². The van der Waals surface area contributed by atoms with Gasteiger partial charge in [-0.2, -0.15) is 0 Å². The molecule has 0 aliphatic rings. The van der Waals surface area contributed by atoms with Crippen molar-refractivity contribution in [3.05, 3.63) is 80.9 Å². The summed E-state index contributed by atoms with van der Waals surface area (Å²) in [4.78, 5) is 10.6. The lowest BCUT2D eigenvalue weighted by Crippen LogP contribution is -2.00. The van der Waals surface area contributed by atoms with Crippen molar-refractivity contribution in [1.29, 1.82) is 0 Å². The Morgan fingerprint density at radius 2 is 1.77 bits per heavy atom. The van der Waals surface area contributed by atoms with Crippen LogP contribution >= 0.6 is 15.9 Å². The van der Waals surface area contributed by atoms with Crippen LogP contribution in [0.2, 0.25) is 0 Å². The first kappa shape index (κ1) is 14.5. The smallest absolute Gasteiger partial charge is 0.271 e. The summed E-state index contributed by atoms with van der Waals surface area (Å²) < 4.78 is 3.04. The van der Waals surface area contributed by atoms with E-state index < -0.39 is 0 Å². The third-order valence-electron chi connectivity index (χ3n) is 3.51. The van der Waals surface area contributed by atoms with Crippen LogP contribution in [0, 0.1) is 17.0 Å². The fourth-order valence-corrected chi connectivity index (χ4v) is 2.74. The zero-order valence-electron chi connectivity index (χ0n) is 11.9. The van der Waals surface area contributed by atoms with E-state index in [4.69, 9.17) is 0 Å². The molecule has 0 spiro atoms. The maximum absolute atomic E-state index is 11.0. The Morgan fingerprint density at radius 3 is 2.45 bits per heavy atom. The molecule has 0 aliphatic carbocycles. The van der Waals surface area contributed by atoms with Crippen LogP contribution in [0.5, 0.6) is 0 Å². The van der Waals surface area contributed by atoms with Gasteiger partial charge in [-0.3, -0.25) is 10.1 Å². The van der Waals surface area contributed by atoms with Gasteiger partial charge in [-0.15, -0.1) is 0 Å². The Bertz CT molecular complexity index is 838. The molecule has 0 radical (unpaired) electrons. The first-order valence-electron chi connectivity index (χ1n) is 6.75. The van der Waals surface area contributed by atoms with E-state index in [1.165, 1.54) is 6.07 Å². The lowest BCUT2D eigenvalue weighted by atomic mass is 10.1. The molecule has 110 valence electrons. The molecular formula is C17H13BrN2O2. The van der Waals surface area contributed by atoms with Gasteiger partial charge in [-0.05, 0) is 42.8 Å². The molecule has 2 aromatic carbocycles. The second-order valence-electron chi connectivity index (χ2n) is 4.98. The van der Waals surface area contributed by atoms with Gasteiger partial charge in [0.15, 0.2) is 0 Å². The minimum atomic E-state index is -0.373. The molecule has 0 amide bonds. The van der Waals surface area contributed by atoms with Gasteiger partial charge >= 0.3 is 0 Å². The normalized spacial score (nSPS) is 10.6. The Morgan fingerprint density at radius 1 is 1.05 bits per heavy atom. The molecule has 0 atom stereocenters. The highest BCUT2D eigenvalue weighted by Gasteiger charge is 2.12. The molecule has 22 heavy (non-hydrogen) atoms. The summed E-state index contributed by atoms with van der Waals surface area (Å²) in [5.74, 6) is 0. The predicted octanol–water partition coefficient (Wildman–Crippen LogP) is 5.12. The number of nitrogens with zero attached hydrogens (tertiary/aromatic N) is 2. The van der Waals surface area contributed by atoms with Crippen LogP contribution in [-0.2, 0) is 0 Å². The second kappa shape index (κ2) is 5.77. The van der Waals surface area contributed by atoms with Gasteiger partial charge in [0.2, 0.25) is 0 Å². The van der Waals surface area contributed by atoms with Crippen LogP contribution in [-0.4, -0.2) is 9.49 Å². The number of hydrogen-bond acceptors (Lipinski definition) is 2. The van der Waals surface area contributed by atoms with Gasteiger partial charge in [0.05, 0.1) is 16.3 Å². The molecule has 5 heteroatoms. The van der Waals surface area contributed by atoms with E-state index in [1.54, 1.807) is 12.1 Å². The number of rotatable bonds is 3. The quantitative estimate of drug-likeness (QED) is 0.482. The van der Waals surface area contributed by atoms with Crippen molar-refractivity contribution in [3.8, 4) is 16.9 Å². The summed E-state index contributed by atoms with van der Waals surface area (Å²) in [7, 11) is 0. The van der Waals surface area contributed by atoms with Crippen molar-refractivity contribution in [1.82, 2.24) is 4.57 Å². The average Bonchev–Trinajstić information content (AvgIpc) is 2.90. The summed E-state index contributed by atoms with van der Waals surface area (Å²) in [5.41, 5.74) is 3.97. The number of benzene rings is 2. The van der Waals surface area contributed by atoms with Crippen LogP contribution in [0.1, 0.15) is 5.69 Å². The van der Waals surface area contributed by atoms with Crippen LogP contribution in [0.4, 0.5) is 5.69 Å². The highest BCUT2D eigenvalue weighted by molar-refractivity contribution is 9.10. The first-order chi connectivity index (χ1) is 10.6. The Hall–Kier alpha value is -2.40. The van der Waals surface area contributed by atoms with E-state index in [1.807, 2.05) is 54.0 Å². The maximum atomic E-state index is 11.0. The van der Waals surface area contributed by atoms with Crippen LogP contribution < -0.4 is 0 Å². The fourth-order valence-electron chi connectivity index (χ4n) is 2.47. The van der Waals surface area contributed by atoms with Crippen LogP contribution in [0.3, 0.4) is 0 Å². The lowest BCUT2D eigenvalue weighted by molar-refractivity contribution is -0.384. The van der Waals surface area contributed by atoms with Gasteiger partial charge < -0.3 is 4.57 Å². The van der Waals surface area contributed by atoms with E-state index >= 15 is 0 Å². The van der Waals surface area contributed by atoms with E-state index in [0.717, 1.165) is 27.1 Å². The molecule has 0 unspecified atom stereocenters. The van der Waals surface area contributed by atoms with Gasteiger partial charge in [0, 0.05) is 22.3 Å². The number of aromatic nitrogens is 1. The Labute approximate surface area is 136 Å². The monoisotopic (exact) mass is 356 g/mol. The molecule has 1 aromatic heterocycles. The second-order valence-corrected chi connectivity index (χ2v) is 5.89. The van der Waals surface area contributed by atoms with Crippen LogP contribution in [0.25, 0.3) is 16.9 Å². The first-order valence-corrected chi connectivity index (χ1v) is 7.54. The van der Waals surface area contributed by atoms with Crippen molar-refractivity contribution in [3.63, 3.8) is 0 Å². The third-order valence-corrected chi connectivity index (χ3v) is 4.04. The molecule has 0 saturated heterocycles. The molecular weight excluding hydrogens is 344 g/mol. The Balaban J connectivity index is 2.15. The molecule has 1 heterocycles. The van der Waals surface area contributed by atoms with Crippen molar-refractivity contribution >= 4 is 21.6 Å². The molecule has 0 saturated carbocycles. The minimum Gasteiger partial charge on any atom is -0.314 e. The predicted molar refractivity (Wildman–Crippen MR) is 90.3 cm³/mol. The van der Waals surface area contributed by atoms with E-state index in [9.17, 15) is 10.1 Å². The molecule has 3 rings (SSSR count). The Kier molecular flexibility index (Phi) is 3.81. The van der Waals surface area contributed by atoms with Gasteiger partial charge in [0.25, 0.3) is 5.69 Å². The molecule has 3 aromatic rings. The lowest BCUT2D eigenvalue weighted by Gasteiger charge is -2.12. The minimum absolute atomic E-state index is 0.0901. The summed E-state index contributed by atoms with van der Waals surface area (Å²) in [6.07, 6.45) is 0. The van der Waals surface area contributed by atoms with E-state index in [2.05, 4.69) is 15.9 Å². The molecule has 4 nitrogen and oxygen atoms in total.